The molecule has 0 amide bonds. The van der Waals surface area contributed by atoms with E-state index in [1.807, 2.05) is 13.0 Å². The number of hydrogen-bond donors (Lipinski definition) is 0. The maximum Gasteiger partial charge on any atom is 0.277 e. The van der Waals surface area contributed by atoms with E-state index in [0.29, 0.717) is 27.6 Å². The molecule has 0 unspecified atom stereocenters. The van der Waals surface area contributed by atoms with Crippen LogP contribution in [0.3, 0.4) is 0 Å². The summed E-state index contributed by atoms with van der Waals surface area (Å²) in [6.07, 6.45) is 0. The molecule has 7 heteroatoms. The van der Waals surface area contributed by atoms with Gasteiger partial charge in [-0.15, -0.1) is 10.2 Å². The average Bonchev–Trinajstić information content (AvgIpc) is 3.12. The predicted octanol–water partition coefficient (Wildman–Crippen LogP) is 5.71. The van der Waals surface area contributed by atoms with E-state index in [4.69, 9.17) is 20.8 Å². The Labute approximate surface area is 173 Å². The van der Waals surface area contributed by atoms with Gasteiger partial charge in [-0.2, -0.15) is 0 Å². The molecule has 5 nitrogen and oxygen atoms in total. The van der Waals surface area contributed by atoms with E-state index < -0.39 is 0 Å². The number of ether oxygens (including phenoxy) is 1. The minimum absolute atomic E-state index is 0.0287. The number of carbonyl (C=O) groups is 1. The Morgan fingerprint density at radius 2 is 1.93 bits per heavy atom. The zero-order valence-corrected chi connectivity index (χ0v) is 17.5. The molecule has 1 aromatic heterocycles. The predicted molar refractivity (Wildman–Crippen MR) is 110 cm³/mol. The number of thioether (sulfide) groups is 1. The lowest BCUT2D eigenvalue weighted by atomic mass is 10.0. The van der Waals surface area contributed by atoms with E-state index in [-0.39, 0.29) is 18.1 Å². The first-order chi connectivity index (χ1) is 13.4. The average molecular weight is 417 g/mol. The Morgan fingerprint density at radius 3 is 2.64 bits per heavy atom. The number of carbonyl (C=O) groups excluding carboxylic acids is 1. The number of aryl methyl sites for hydroxylation is 1. The van der Waals surface area contributed by atoms with Crippen molar-refractivity contribution in [1.82, 2.24) is 10.2 Å². The number of rotatable bonds is 8. The summed E-state index contributed by atoms with van der Waals surface area (Å²) in [7, 11) is 0. The van der Waals surface area contributed by atoms with Crippen LogP contribution in [0, 0.1) is 6.92 Å². The lowest BCUT2D eigenvalue weighted by molar-refractivity contribution is 0.102. The molecule has 1 heterocycles. The summed E-state index contributed by atoms with van der Waals surface area (Å²) in [5, 5.41) is 8.91. The van der Waals surface area contributed by atoms with Gasteiger partial charge in [-0.25, -0.2) is 0 Å². The van der Waals surface area contributed by atoms with Crippen molar-refractivity contribution in [2.24, 2.45) is 0 Å². The summed E-state index contributed by atoms with van der Waals surface area (Å²) in [5.41, 5.74) is 2.86. The second kappa shape index (κ2) is 9.26. The van der Waals surface area contributed by atoms with Gasteiger partial charge in [-0.1, -0.05) is 49.3 Å². The number of hydrogen-bond acceptors (Lipinski definition) is 6. The molecule has 3 aromatic rings. The van der Waals surface area contributed by atoms with Gasteiger partial charge in [0, 0.05) is 10.6 Å². The van der Waals surface area contributed by atoms with Gasteiger partial charge in [0.25, 0.3) is 11.1 Å². The van der Waals surface area contributed by atoms with Crippen LogP contribution in [0.15, 0.2) is 52.1 Å². The van der Waals surface area contributed by atoms with Gasteiger partial charge in [0.2, 0.25) is 0 Å². The van der Waals surface area contributed by atoms with E-state index in [0.717, 1.165) is 16.9 Å². The van der Waals surface area contributed by atoms with E-state index in [1.165, 1.54) is 11.8 Å². The minimum atomic E-state index is -0.0287. The normalized spacial score (nSPS) is 11.0. The van der Waals surface area contributed by atoms with Crippen LogP contribution in [-0.4, -0.2) is 21.7 Å². The number of Topliss-reactive ketones (excluding diaryl/α,β-unsaturated/α-hetero) is 1. The van der Waals surface area contributed by atoms with Crippen LogP contribution in [0.2, 0.25) is 5.02 Å². The van der Waals surface area contributed by atoms with Gasteiger partial charge < -0.3 is 9.15 Å². The number of halogens is 1. The minimum Gasteiger partial charge on any atom is -0.484 e. The fraction of sp³-hybridized carbons (Fsp3) is 0.286. The molecule has 0 bridgehead atoms. The van der Waals surface area contributed by atoms with Gasteiger partial charge in [0.05, 0.1) is 5.75 Å². The lowest BCUT2D eigenvalue weighted by Crippen LogP contribution is -2.01. The highest BCUT2D eigenvalue weighted by Gasteiger charge is 2.13. The van der Waals surface area contributed by atoms with E-state index in [1.54, 1.807) is 24.3 Å². The fourth-order valence-electron chi connectivity index (χ4n) is 2.58. The zero-order valence-electron chi connectivity index (χ0n) is 15.9. The second-order valence-corrected chi connectivity index (χ2v) is 8.03. The maximum absolute atomic E-state index is 12.2. The molecule has 0 N–H and O–H groups in total. The summed E-state index contributed by atoms with van der Waals surface area (Å²) in [6.45, 7) is 6.45. The van der Waals surface area contributed by atoms with Crippen LogP contribution in [0.4, 0.5) is 0 Å². The first kappa shape index (κ1) is 20.4. The number of ketones is 1. The van der Waals surface area contributed by atoms with E-state index in [2.05, 4.69) is 36.2 Å². The Kier molecular flexibility index (Phi) is 6.75. The molecule has 0 fully saturated rings. The molecule has 28 heavy (non-hydrogen) atoms. The van der Waals surface area contributed by atoms with Crippen LogP contribution in [0.5, 0.6) is 5.75 Å². The fourth-order valence-corrected chi connectivity index (χ4v) is 3.39. The molecular formula is C21H21ClN2O3S. The van der Waals surface area contributed by atoms with E-state index >= 15 is 0 Å². The summed E-state index contributed by atoms with van der Waals surface area (Å²) >= 11 is 7.04. The number of benzene rings is 2. The SMILES string of the molecule is Cc1ccc(C(C)C)c(OCc2nnc(SCC(=O)c3ccc(Cl)cc3)o2)c1. The lowest BCUT2D eigenvalue weighted by Gasteiger charge is -2.13. The zero-order chi connectivity index (χ0) is 20.1. The Morgan fingerprint density at radius 1 is 1.18 bits per heavy atom. The van der Waals surface area contributed by atoms with Crippen molar-refractivity contribution in [2.45, 2.75) is 38.5 Å². The van der Waals surface area contributed by atoms with Crippen LogP contribution in [-0.2, 0) is 6.61 Å². The van der Waals surface area contributed by atoms with Crippen LogP contribution < -0.4 is 4.74 Å². The third-order valence-electron chi connectivity index (χ3n) is 4.08. The van der Waals surface area contributed by atoms with Crippen molar-refractivity contribution in [3.8, 4) is 5.75 Å². The van der Waals surface area contributed by atoms with Crippen molar-refractivity contribution in [2.75, 3.05) is 5.75 Å². The smallest absolute Gasteiger partial charge is 0.277 e. The molecule has 0 saturated heterocycles. The summed E-state index contributed by atoms with van der Waals surface area (Å²) in [6, 6.07) is 12.9. The Hall–Kier alpha value is -2.31. The first-order valence-corrected chi connectivity index (χ1v) is 10.3. The molecule has 2 aromatic carbocycles. The van der Waals surface area contributed by atoms with Gasteiger partial charge in [0.15, 0.2) is 12.4 Å². The van der Waals surface area contributed by atoms with Gasteiger partial charge in [-0.05, 0) is 54.3 Å². The highest BCUT2D eigenvalue weighted by atomic mass is 35.5. The summed E-state index contributed by atoms with van der Waals surface area (Å²) in [5.74, 6) is 1.72. The summed E-state index contributed by atoms with van der Waals surface area (Å²) in [4.78, 5) is 12.2. The Balaban J connectivity index is 1.57. The highest BCUT2D eigenvalue weighted by Crippen LogP contribution is 2.28. The molecule has 3 rings (SSSR count). The molecule has 0 aliphatic carbocycles. The van der Waals surface area contributed by atoms with Gasteiger partial charge >= 0.3 is 0 Å². The topological polar surface area (TPSA) is 65.2 Å². The molecule has 0 atom stereocenters. The molecule has 0 radical (unpaired) electrons. The van der Waals surface area contributed by atoms with Gasteiger partial charge in [0.1, 0.15) is 5.75 Å². The second-order valence-electron chi connectivity index (χ2n) is 6.67. The molecule has 146 valence electrons. The third-order valence-corrected chi connectivity index (χ3v) is 5.15. The monoisotopic (exact) mass is 416 g/mol. The third kappa shape index (κ3) is 5.36. The quantitative estimate of drug-likeness (QED) is 0.346. The number of nitrogens with zero attached hydrogens (tertiary/aromatic N) is 2. The van der Waals surface area contributed by atoms with Crippen molar-refractivity contribution in [3.05, 3.63) is 70.1 Å². The van der Waals surface area contributed by atoms with Gasteiger partial charge in [-0.3, -0.25) is 4.79 Å². The summed E-state index contributed by atoms with van der Waals surface area (Å²) < 4.78 is 11.5. The van der Waals surface area contributed by atoms with E-state index in [9.17, 15) is 4.79 Å². The van der Waals surface area contributed by atoms with Crippen LogP contribution >= 0.6 is 23.4 Å². The number of aromatic nitrogens is 2. The van der Waals surface area contributed by atoms with Crippen LogP contribution in [0.1, 0.15) is 47.1 Å². The maximum atomic E-state index is 12.2. The van der Waals surface area contributed by atoms with Crippen molar-refractivity contribution in [3.63, 3.8) is 0 Å². The largest absolute Gasteiger partial charge is 0.484 e. The highest BCUT2D eigenvalue weighted by molar-refractivity contribution is 7.99. The molecular weight excluding hydrogens is 396 g/mol. The molecule has 0 aliphatic heterocycles. The van der Waals surface area contributed by atoms with Crippen LogP contribution in [0.25, 0.3) is 0 Å². The first-order valence-electron chi connectivity index (χ1n) is 8.89. The van der Waals surface area contributed by atoms with Crippen molar-refractivity contribution >= 4 is 29.1 Å². The van der Waals surface area contributed by atoms with Crippen molar-refractivity contribution < 1.29 is 13.9 Å². The van der Waals surface area contributed by atoms with Crippen molar-refractivity contribution in [1.29, 1.82) is 0 Å². The Bertz CT molecular complexity index is 955. The molecule has 0 aliphatic rings. The molecule has 0 saturated carbocycles. The standard InChI is InChI=1S/C21H21ClN2O3S/c1-13(2)17-9-4-14(3)10-19(17)26-11-20-23-24-21(27-20)28-12-18(25)15-5-7-16(22)8-6-15/h4-10,13H,11-12H2,1-3H3. The molecule has 0 spiro atoms.